The molecule has 1 heterocycles. The molecule has 1 rings (SSSR count). The Bertz CT molecular complexity index is 364. The van der Waals surface area contributed by atoms with Crippen LogP contribution < -0.4 is 15.4 Å². The lowest BCUT2D eigenvalue weighted by Crippen LogP contribution is -2.12. The van der Waals surface area contributed by atoms with Crippen molar-refractivity contribution in [3.8, 4) is 6.01 Å². The predicted molar refractivity (Wildman–Crippen MR) is 81.3 cm³/mol. The highest BCUT2D eigenvalue weighted by molar-refractivity contribution is 7.98. The van der Waals surface area contributed by atoms with Crippen LogP contribution in [0.2, 0.25) is 0 Å². The normalized spacial score (nSPS) is 10.3. The molecule has 0 fully saturated rings. The molecule has 1 aromatic heterocycles. The highest BCUT2D eigenvalue weighted by Crippen LogP contribution is 2.11. The minimum absolute atomic E-state index is 0.375. The van der Waals surface area contributed by atoms with Gasteiger partial charge in [0.15, 0.2) is 0 Å². The Morgan fingerprint density at radius 3 is 2.47 bits per heavy atom. The monoisotopic (exact) mass is 285 g/mol. The van der Waals surface area contributed by atoms with E-state index in [1.165, 1.54) is 0 Å². The van der Waals surface area contributed by atoms with E-state index in [9.17, 15) is 0 Å². The van der Waals surface area contributed by atoms with E-state index in [-0.39, 0.29) is 0 Å². The molecular formula is C12H23N5OS. The quantitative estimate of drug-likeness (QED) is 0.639. The van der Waals surface area contributed by atoms with Gasteiger partial charge in [0.25, 0.3) is 0 Å². The molecule has 0 radical (unpaired) electrons. The van der Waals surface area contributed by atoms with E-state index in [4.69, 9.17) is 4.74 Å². The molecule has 0 saturated carbocycles. The zero-order valence-corrected chi connectivity index (χ0v) is 12.7. The van der Waals surface area contributed by atoms with Gasteiger partial charge in [-0.25, -0.2) is 0 Å². The summed E-state index contributed by atoms with van der Waals surface area (Å²) in [6.45, 7) is 6.28. The zero-order chi connectivity index (χ0) is 13.9. The van der Waals surface area contributed by atoms with Gasteiger partial charge >= 0.3 is 6.01 Å². The molecule has 0 aromatic carbocycles. The number of anilines is 2. The summed E-state index contributed by atoms with van der Waals surface area (Å²) in [5.74, 6) is 2.24. The number of nitrogens with one attached hydrogen (secondary N) is 2. The fourth-order valence-electron chi connectivity index (χ4n) is 1.35. The molecule has 0 saturated heterocycles. The summed E-state index contributed by atoms with van der Waals surface area (Å²) in [6, 6.07) is 0.375. The first-order chi connectivity index (χ1) is 9.30. The predicted octanol–water partition coefficient (Wildman–Crippen LogP) is 2.26. The highest BCUT2D eigenvalue weighted by atomic mass is 32.2. The topological polar surface area (TPSA) is 72.0 Å². The maximum atomic E-state index is 5.46. The van der Waals surface area contributed by atoms with Crippen molar-refractivity contribution in [2.75, 3.05) is 42.3 Å². The van der Waals surface area contributed by atoms with E-state index in [1.54, 1.807) is 0 Å². The summed E-state index contributed by atoms with van der Waals surface area (Å²) in [6.07, 6.45) is 4.11. The van der Waals surface area contributed by atoms with Crippen LogP contribution in [-0.4, -0.2) is 46.7 Å². The van der Waals surface area contributed by atoms with Gasteiger partial charge < -0.3 is 15.4 Å². The largest absolute Gasteiger partial charge is 0.463 e. The van der Waals surface area contributed by atoms with E-state index in [1.807, 2.05) is 25.6 Å². The third kappa shape index (κ3) is 6.47. The van der Waals surface area contributed by atoms with Crippen molar-refractivity contribution in [3.05, 3.63) is 0 Å². The molecule has 7 heteroatoms. The second-order valence-corrected chi connectivity index (χ2v) is 4.90. The minimum atomic E-state index is 0.375. The first-order valence-corrected chi connectivity index (χ1v) is 8.05. The summed E-state index contributed by atoms with van der Waals surface area (Å²) >= 11 is 1.83. The number of rotatable bonds is 10. The van der Waals surface area contributed by atoms with Crippen LogP contribution in [0, 0.1) is 0 Å². The Morgan fingerprint density at radius 2 is 1.84 bits per heavy atom. The molecule has 0 bridgehead atoms. The lowest BCUT2D eigenvalue weighted by molar-refractivity contribution is 0.292. The SMILES string of the molecule is CCCOc1nc(NCC)nc(NCCCSC)n1. The second kappa shape index (κ2) is 9.66. The van der Waals surface area contributed by atoms with Crippen molar-refractivity contribution in [2.24, 2.45) is 0 Å². The fraction of sp³-hybridized carbons (Fsp3) is 0.750. The molecule has 0 aliphatic rings. The molecule has 0 unspecified atom stereocenters. The third-order valence-corrected chi connectivity index (χ3v) is 2.89. The number of hydrogen-bond acceptors (Lipinski definition) is 7. The van der Waals surface area contributed by atoms with Crippen molar-refractivity contribution in [1.82, 2.24) is 15.0 Å². The van der Waals surface area contributed by atoms with Gasteiger partial charge in [0, 0.05) is 13.1 Å². The van der Waals surface area contributed by atoms with Crippen LogP contribution in [0.5, 0.6) is 6.01 Å². The summed E-state index contributed by atoms with van der Waals surface area (Å²) in [5.41, 5.74) is 0. The van der Waals surface area contributed by atoms with Crippen LogP contribution in [0.4, 0.5) is 11.9 Å². The molecule has 0 aliphatic heterocycles. The summed E-state index contributed by atoms with van der Waals surface area (Å²) in [4.78, 5) is 12.8. The van der Waals surface area contributed by atoms with Crippen LogP contribution >= 0.6 is 11.8 Å². The molecule has 0 spiro atoms. The number of hydrogen-bond donors (Lipinski definition) is 2. The zero-order valence-electron chi connectivity index (χ0n) is 11.9. The number of aromatic nitrogens is 3. The molecule has 19 heavy (non-hydrogen) atoms. The van der Waals surface area contributed by atoms with Crippen LogP contribution in [0.1, 0.15) is 26.7 Å². The number of ether oxygens (including phenoxy) is 1. The Kier molecular flexibility index (Phi) is 8.04. The molecular weight excluding hydrogens is 262 g/mol. The van der Waals surface area contributed by atoms with Crippen molar-refractivity contribution >= 4 is 23.7 Å². The summed E-state index contributed by atoms with van der Waals surface area (Å²) in [7, 11) is 0. The van der Waals surface area contributed by atoms with Crippen LogP contribution in [0.15, 0.2) is 0 Å². The van der Waals surface area contributed by atoms with Crippen molar-refractivity contribution in [2.45, 2.75) is 26.7 Å². The number of nitrogens with zero attached hydrogens (tertiary/aromatic N) is 3. The summed E-state index contributed by atoms with van der Waals surface area (Å²) < 4.78 is 5.46. The van der Waals surface area contributed by atoms with Gasteiger partial charge in [-0.05, 0) is 31.8 Å². The Morgan fingerprint density at radius 1 is 1.11 bits per heavy atom. The van der Waals surface area contributed by atoms with E-state index >= 15 is 0 Å². The fourth-order valence-corrected chi connectivity index (χ4v) is 1.78. The van der Waals surface area contributed by atoms with Crippen LogP contribution in [-0.2, 0) is 0 Å². The smallest absolute Gasteiger partial charge is 0.323 e. The maximum absolute atomic E-state index is 5.46. The molecule has 108 valence electrons. The van der Waals surface area contributed by atoms with E-state index < -0.39 is 0 Å². The Hall–Kier alpha value is -1.24. The molecule has 1 aromatic rings. The molecule has 2 N–H and O–H groups in total. The first-order valence-electron chi connectivity index (χ1n) is 6.65. The van der Waals surface area contributed by atoms with E-state index in [0.29, 0.717) is 24.5 Å². The average molecular weight is 285 g/mol. The lowest BCUT2D eigenvalue weighted by atomic mass is 10.5. The minimum Gasteiger partial charge on any atom is -0.463 e. The van der Waals surface area contributed by atoms with Gasteiger partial charge in [0.1, 0.15) is 0 Å². The van der Waals surface area contributed by atoms with Gasteiger partial charge in [-0.3, -0.25) is 0 Å². The first kappa shape index (κ1) is 15.8. The highest BCUT2D eigenvalue weighted by Gasteiger charge is 2.06. The van der Waals surface area contributed by atoms with Crippen molar-refractivity contribution in [3.63, 3.8) is 0 Å². The number of thioether (sulfide) groups is 1. The Labute approximate surface area is 119 Å². The lowest BCUT2D eigenvalue weighted by Gasteiger charge is -2.09. The second-order valence-electron chi connectivity index (χ2n) is 3.92. The van der Waals surface area contributed by atoms with Gasteiger partial charge in [-0.1, -0.05) is 6.92 Å². The standard InChI is InChI=1S/C12H23N5OS/c1-4-8-18-12-16-10(13-5-2)15-11(17-12)14-7-6-9-19-3/h4-9H2,1-3H3,(H2,13,14,15,16,17). The van der Waals surface area contributed by atoms with Crippen molar-refractivity contribution in [1.29, 1.82) is 0 Å². The van der Waals surface area contributed by atoms with Gasteiger partial charge in [-0.2, -0.15) is 26.7 Å². The molecule has 6 nitrogen and oxygen atoms in total. The van der Waals surface area contributed by atoms with Crippen LogP contribution in [0.25, 0.3) is 0 Å². The van der Waals surface area contributed by atoms with E-state index in [2.05, 4.69) is 31.8 Å². The Balaban J connectivity index is 2.63. The molecule has 0 amide bonds. The van der Waals surface area contributed by atoms with E-state index in [0.717, 1.165) is 31.7 Å². The molecule has 0 atom stereocenters. The molecule has 0 aliphatic carbocycles. The maximum Gasteiger partial charge on any atom is 0.323 e. The summed E-state index contributed by atoms with van der Waals surface area (Å²) in [5, 5.41) is 6.28. The van der Waals surface area contributed by atoms with Gasteiger partial charge in [0.05, 0.1) is 6.61 Å². The van der Waals surface area contributed by atoms with Gasteiger partial charge in [0.2, 0.25) is 11.9 Å². The average Bonchev–Trinajstić information content (AvgIpc) is 2.42. The van der Waals surface area contributed by atoms with Crippen molar-refractivity contribution < 1.29 is 4.74 Å². The third-order valence-electron chi connectivity index (χ3n) is 2.19. The van der Waals surface area contributed by atoms with Crippen LogP contribution in [0.3, 0.4) is 0 Å². The van der Waals surface area contributed by atoms with Gasteiger partial charge in [-0.15, -0.1) is 0 Å².